The molecule has 0 atom stereocenters. The lowest BCUT2D eigenvalue weighted by atomic mass is 9.95. The van der Waals surface area contributed by atoms with Crippen LogP contribution in [-0.4, -0.2) is 17.3 Å². The third kappa shape index (κ3) is 3.32. The predicted octanol–water partition coefficient (Wildman–Crippen LogP) is 2.82. The van der Waals surface area contributed by atoms with Gasteiger partial charge in [-0.15, -0.1) is 0 Å². The minimum absolute atomic E-state index is 0.0983. The van der Waals surface area contributed by atoms with E-state index in [4.69, 9.17) is 4.74 Å². The summed E-state index contributed by atoms with van der Waals surface area (Å²) in [6, 6.07) is 8.43. The number of rotatable bonds is 3. The predicted molar refractivity (Wildman–Crippen MR) is 64.2 cm³/mol. The molecule has 0 spiro atoms. The molecule has 1 aromatic rings. The van der Waals surface area contributed by atoms with Crippen LogP contribution in [0.3, 0.4) is 0 Å². The highest BCUT2D eigenvalue weighted by Crippen LogP contribution is 2.22. The summed E-state index contributed by atoms with van der Waals surface area (Å²) in [6.07, 6.45) is 4.00. The van der Waals surface area contributed by atoms with Crippen LogP contribution in [0.5, 0.6) is 0 Å². The molecule has 1 aliphatic carbocycles. The number of aliphatic hydroxyl groups excluding tert-OH is 1. The van der Waals surface area contributed by atoms with E-state index >= 15 is 0 Å². The number of hydrogen-bond donors (Lipinski definition) is 1. The van der Waals surface area contributed by atoms with E-state index in [-0.39, 0.29) is 6.10 Å². The molecular formula is C14H20O2. The van der Waals surface area contributed by atoms with Crippen LogP contribution in [0.15, 0.2) is 24.3 Å². The third-order valence-corrected chi connectivity index (χ3v) is 3.21. The number of ether oxygens (including phenoxy) is 1. The molecule has 1 aromatic carbocycles. The molecule has 1 fully saturated rings. The first-order chi connectivity index (χ1) is 7.74. The average Bonchev–Trinajstić information content (AvgIpc) is 2.28. The number of hydrogen-bond acceptors (Lipinski definition) is 2. The normalized spacial score (nSPS) is 25.6. The Balaban J connectivity index is 1.79. The summed E-state index contributed by atoms with van der Waals surface area (Å²) in [5.74, 6) is 0. The summed E-state index contributed by atoms with van der Waals surface area (Å²) >= 11 is 0. The van der Waals surface area contributed by atoms with Gasteiger partial charge in [0.1, 0.15) is 0 Å². The van der Waals surface area contributed by atoms with E-state index in [0.717, 1.165) is 25.7 Å². The molecule has 0 bridgehead atoms. The Bertz CT molecular complexity index is 327. The molecule has 2 nitrogen and oxygen atoms in total. The molecule has 1 N–H and O–H groups in total. The highest BCUT2D eigenvalue weighted by atomic mass is 16.5. The van der Waals surface area contributed by atoms with Crippen molar-refractivity contribution >= 4 is 0 Å². The number of aryl methyl sites for hydroxylation is 1. The van der Waals surface area contributed by atoms with Gasteiger partial charge in [0.25, 0.3) is 0 Å². The Hall–Kier alpha value is -0.860. The van der Waals surface area contributed by atoms with Gasteiger partial charge >= 0.3 is 0 Å². The summed E-state index contributed by atoms with van der Waals surface area (Å²) in [7, 11) is 0. The molecule has 0 heterocycles. The van der Waals surface area contributed by atoms with Crippen molar-refractivity contribution in [2.75, 3.05) is 0 Å². The van der Waals surface area contributed by atoms with Gasteiger partial charge in [-0.25, -0.2) is 0 Å². The highest BCUT2D eigenvalue weighted by Gasteiger charge is 2.19. The van der Waals surface area contributed by atoms with E-state index in [1.807, 2.05) is 0 Å². The second kappa shape index (κ2) is 5.46. The molecule has 0 unspecified atom stereocenters. The monoisotopic (exact) mass is 220 g/mol. The number of aliphatic hydroxyl groups is 1. The third-order valence-electron chi connectivity index (χ3n) is 3.21. The Kier molecular flexibility index (Phi) is 3.97. The van der Waals surface area contributed by atoms with E-state index in [1.54, 1.807) is 0 Å². The van der Waals surface area contributed by atoms with Crippen LogP contribution >= 0.6 is 0 Å². The fourth-order valence-corrected chi connectivity index (χ4v) is 2.23. The highest BCUT2D eigenvalue weighted by molar-refractivity contribution is 5.21. The van der Waals surface area contributed by atoms with Gasteiger partial charge in [-0.1, -0.05) is 29.8 Å². The van der Waals surface area contributed by atoms with Crippen LogP contribution < -0.4 is 0 Å². The van der Waals surface area contributed by atoms with Crippen molar-refractivity contribution in [1.82, 2.24) is 0 Å². The van der Waals surface area contributed by atoms with Gasteiger partial charge < -0.3 is 9.84 Å². The van der Waals surface area contributed by atoms with Gasteiger partial charge in [0.2, 0.25) is 0 Å². The molecular weight excluding hydrogens is 200 g/mol. The molecule has 2 rings (SSSR count). The SMILES string of the molecule is Cc1cccc(COC2CCC(O)CC2)c1. The second-order valence-electron chi connectivity index (χ2n) is 4.73. The molecule has 1 saturated carbocycles. The first kappa shape index (κ1) is 11.6. The zero-order chi connectivity index (χ0) is 11.4. The lowest BCUT2D eigenvalue weighted by Crippen LogP contribution is -2.24. The zero-order valence-corrected chi connectivity index (χ0v) is 9.86. The molecule has 2 heteroatoms. The molecule has 0 amide bonds. The molecule has 0 aliphatic heterocycles. The van der Waals surface area contributed by atoms with Gasteiger partial charge in [-0.3, -0.25) is 0 Å². The van der Waals surface area contributed by atoms with Crippen molar-refractivity contribution in [3.8, 4) is 0 Å². The quantitative estimate of drug-likeness (QED) is 0.848. The van der Waals surface area contributed by atoms with Gasteiger partial charge in [0, 0.05) is 0 Å². The summed E-state index contributed by atoms with van der Waals surface area (Å²) < 4.78 is 5.86. The summed E-state index contributed by atoms with van der Waals surface area (Å²) in [5, 5.41) is 9.39. The summed E-state index contributed by atoms with van der Waals surface area (Å²) in [6.45, 7) is 2.79. The van der Waals surface area contributed by atoms with E-state index in [0.29, 0.717) is 12.7 Å². The van der Waals surface area contributed by atoms with Crippen molar-refractivity contribution in [3.63, 3.8) is 0 Å². The van der Waals surface area contributed by atoms with E-state index in [9.17, 15) is 5.11 Å². The van der Waals surface area contributed by atoms with Crippen LogP contribution in [0.2, 0.25) is 0 Å². The molecule has 1 aliphatic rings. The van der Waals surface area contributed by atoms with E-state index in [1.165, 1.54) is 11.1 Å². The fraction of sp³-hybridized carbons (Fsp3) is 0.571. The lowest BCUT2D eigenvalue weighted by molar-refractivity contribution is -0.0118. The largest absolute Gasteiger partial charge is 0.393 e. The second-order valence-corrected chi connectivity index (χ2v) is 4.73. The van der Waals surface area contributed by atoms with Crippen molar-refractivity contribution in [3.05, 3.63) is 35.4 Å². The Morgan fingerprint density at radius 1 is 1.25 bits per heavy atom. The minimum Gasteiger partial charge on any atom is -0.393 e. The van der Waals surface area contributed by atoms with Gasteiger partial charge in [0.15, 0.2) is 0 Å². The maximum absolute atomic E-state index is 9.39. The fourth-order valence-electron chi connectivity index (χ4n) is 2.23. The van der Waals surface area contributed by atoms with Crippen LogP contribution in [0.25, 0.3) is 0 Å². The molecule has 16 heavy (non-hydrogen) atoms. The van der Waals surface area contributed by atoms with Gasteiger partial charge in [-0.05, 0) is 38.2 Å². The van der Waals surface area contributed by atoms with Crippen molar-refractivity contribution in [2.24, 2.45) is 0 Å². The smallest absolute Gasteiger partial charge is 0.0720 e. The minimum atomic E-state index is -0.0983. The first-order valence-electron chi connectivity index (χ1n) is 6.09. The van der Waals surface area contributed by atoms with Crippen molar-refractivity contribution in [2.45, 2.75) is 51.4 Å². The van der Waals surface area contributed by atoms with Crippen molar-refractivity contribution in [1.29, 1.82) is 0 Å². The Morgan fingerprint density at radius 3 is 2.69 bits per heavy atom. The summed E-state index contributed by atoms with van der Waals surface area (Å²) in [4.78, 5) is 0. The van der Waals surface area contributed by atoms with E-state index in [2.05, 4.69) is 31.2 Å². The standard InChI is InChI=1S/C14H20O2/c1-11-3-2-4-12(9-11)10-16-14-7-5-13(15)6-8-14/h2-4,9,13-15H,5-8,10H2,1H3. The van der Waals surface area contributed by atoms with Crippen LogP contribution in [-0.2, 0) is 11.3 Å². The van der Waals surface area contributed by atoms with Crippen LogP contribution in [0, 0.1) is 6.92 Å². The molecule has 0 saturated heterocycles. The maximum atomic E-state index is 9.39. The maximum Gasteiger partial charge on any atom is 0.0720 e. The lowest BCUT2D eigenvalue weighted by Gasteiger charge is -2.25. The average molecular weight is 220 g/mol. The van der Waals surface area contributed by atoms with Gasteiger partial charge in [0.05, 0.1) is 18.8 Å². The van der Waals surface area contributed by atoms with Crippen LogP contribution in [0.4, 0.5) is 0 Å². The Labute approximate surface area is 97.3 Å². The van der Waals surface area contributed by atoms with E-state index < -0.39 is 0 Å². The van der Waals surface area contributed by atoms with Crippen molar-refractivity contribution < 1.29 is 9.84 Å². The first-order valence-corrected chi connectivity index (χ1v) is 6.09. The molecule has 0 radical (unpaired) electrons. The molecule has 88 valence electrons. The Morgan fingerprint density at radius 2 is 2.00 bits per heavy atom. The summed E-state index contributed by atoms with van der Waals surface area (Å²) in [5.41, 5.74) is 2.52. The molecule has 0 aromatic heterocycles. The zero-order valence-electron chi connectivity index (χ0n) is 9.86. The van der Waals surface area contributed by atoms with Gasteiger partial charge in [-0.2, -0.15) is 0 Å². The van der Waals surface area contributed by atoms with Crippen LogP contribution in [0.1, 0.15) is 36.8 Å². The topological polar surface area (TPSA) is 29.5 Å². The number of benzene rings is 1.